The number of halogens is 1. The lowest BCUT2D eigenvalue weighted by atomic mass is 10.2. The second-order valence-corrected chi connectivity index (χ2v) is 7.35. The maximum absolute atomic E-state index is 9.61. The van der Waals surface area contributed by atoms with Crippen LogP contribution in [-0.4, -0.2) is 43.2 Å². The van der Waals surface area contributed by atoms with Crippen LogP contribution in [0.25, 0.3) is 0 Å². The number of rotatable bonds is 5. The standard InChI is InChI=1S/C21H22ClN5OS/c1-28-18-8-6-17(7-9-18)26-10-12-27(13-11-26)20(24)19(14-23)21(29)25-16-4-2-15(22)3-5-16/h2-9H,10-13,24H2,1H3,(H,25,29)/b20-19-. The Morgan fingerprint density at radius 1 is 1.10 bits per heavy atom. The summed E-state index contributed by atoms with van der Waals surface area (Å²) in [7, 11) is 1.65. The number of piperazine rings is 1. The van der Waals surface area contributed by atoms with Gasteiger partial charge in [0, 0.05) is 42.6 Å². The number of methoxy groups -OCH3 is 1. The molecule has 3 N–H and O–H groups in total. The van der Waals surface area contributed by atoms with Gasteiger partial charge in [0.1, 0.15) is 28.2 Å². The Labute approximate surface area is 181 Å². The average molecular weight is 428 g/mol. The Hall–Kier alpha value is -2.95. The third kappa shape index (κ3) is 5.11. The molecule has 0 amide bonds. The Morgan fingerprint density at radius 2 is 1.72 bits per heavy atom. The summed E-state index contributed by atoms with van der Waals surface area (Å²) in [5.74, 6) is 1.23. The number of nitrogens with two attached hydrogens (primary N) is 1. The van der Waals surface area contributed by atoms with Crippen LogP contribution < -0.4 is 20.7 Å². The summed E-state index contributed by atoms with van der Waals surface area (Å²) >= 11 is 11.3. The average Bonchev–Trinajstić information content (AvgIpc) is 2.76. The molecule has 1 saturated heterocycles. The summed E-state index contributed by atoms with van der Waals surface area (Å²) in [6, 6.07) is 17.2. The molecule has 1 fully saturated rings. The zero-order valence-corrected chi connectivity index (χ0v) is 17.6. The van der Waals surface area contributed by atoms with E-state index in [0.717, 1.165) is 30.2 Å². The van der Waals surface area contributed by atoms with Crippen molar-refractivity contribution in [1.29, 1.82) is 5.26 Å². The van der Waals surface area contributed by atoms with E-state index in [9.17, 15) is 5.26 Å². The first-order valence-electron chi connectivity index (χ1n) is 9.12. The van der Waals surface area contributed by atoms with Crippen molar-refractivity contribution in [3.8, 4) is 11.8 Å². The second-order valence-electron chi connectivity index (χ2n) is 6.51. The van der Waals surface area contributed by atoms with E-state index in [2.05, 4.69) is 16.3 Å². The first-order valence-corrected chi connectivity index (χ1v) is 9.91. The van der Waals surface area contributed by atoms with Gasteiger partial charge in [0.25, 0.3) is 0 Å². The van der Waals surface area contributed by atoms with E-state index in [1.165, 1.54) is 0 Å². The summed E-state index contributed by atoms with van der Waals surface area (Å²) < 4.78 is 5.21. The number of nitriles is 1. The van der Waals surface area contributed by atoms with Crippen molar-refractivity contribution >= 4 is 40.2 Å². The summed E-state index contributed by atoms with van der Waals surface area (Å²) in [6.07, 6.45) is 0. The lowest BCUT2D eigenvalue weighted by molar-refractivity contribution is 0.317. The largest absolute Gasteiger partial charge is 0.497 e. The first kappa shape index (κ1) is 20.8. The zero-order valence-electron chi connectivity index (χ0n) is 16.1. The van der Waals surface area contributed by atoms with Gasteiger partial charge in [0.2, 0.25) is 0 Å². The number of anilines is 2. The number of ether oxygens (including phenoxy) is 1. The van der Waals surface area contributed by atoms with Crippen LogP contribution in [0.2, 0.25) is 5.02 Å². The van der Waals surface area contributed by atoms with Crippen LogP contribution in [-0.2, 0) is 0 Å². The Bertz CT molecular complexity index is 929. The number of benzene rings is 2. The van der Waals surface area contributed by atoms with Gasteiger partial charge in [-0.15, -0.1) is 0 Å². The number of hydrogen-bond acceptors (Lipinski definition) is 6. The minimum absolute atomic E-state index is 0.271. The molecule has 0 aromatic heterocycles. The minimum atomic E-state index is 0.271. The fourth-order valence-electron chi connectivity index (χ4n) is 3.11. The van der Waals surface area contributed by atoms with Gasteiger partial charge >= 0.3 is 0 Å². The molecule has 0 bridgehead atoms. The van der Waals surface area contributed by atoms with E-state index in [-0.39, 0.29) is 5.57 Å². The molecule has 0 spiro atoms. The molecule has 3 rings (SSSR count). The fraction of sp³-hybridized carbons (Fsp3) is 0.238. The lowest BCUT2D eigenvalue weighted by Gasteiger charge is -2.37. The van der Waals surface area contributed by atoms with Gasteiger partial charge in [0.15, 0.2) is 0 Å². The number of nitrogens with one attached hydrogen (secondary N) is 1. The van der Waals surface area contributed by atoms with Crippen LogP contribution in [0.5, 0.6) is 5.75 Å². The van der Waals surface area contributed by atoms with Crippen molar-refractivity contribution in [1.82, 2.24) is 4.90 Å². The van der Waals surface area contributed by atoms with Crippen LogP contribution >= 0.6 is 23.8 Å². The molecule has 2 aromatic carbocycles. The van der Waals surface area contributed by atoms with Crippen molar-refractivity contribution in [2.24, 2.45) is 5.73 Å². The van der Waals surface area contributed by atoms with Crippen LogP contribution in [0, 0.1) is 11.3 Å². The smallest absolute Gasteiger partial charge is 0.127 e. The van der Waals surface area contributed by atoms with Crippen molar-refractivity contribution in [3.05, 3.63) is 64.9 Å². The summed E-state index contributed by atoms with van der Waals surface area (Å²) in [4.78, 5) is 4.57. The Balaban J connectivity index is 1.65. The van der Waals surface area contributed by atoms with E-state index >= 15 is 0 Å². The van der Waals surface area contributed by atoms with E-state index in [1.807, 2.05) is 29.2 Å². The minimum Gasteiger partial charge on any atom is -0.497 e. The van der Waals surface area contributed by atoms with E-state index in [4.69, 9.17) is 34.3 Å². The molecule has 1 aliphatic heterocycles. The van der Waals surface area contributed by atoms with E-state index in [1.54, 1.807) is 31.4 Å². The summed E-state index contributed by atoms with van der Waals surface area (Å²) in [5, 5.41) is 13.3. The highest BCUT2D eigenvalue weighted by molar-refractivity contribution is 7.81. The summed E-state index contributed by atoms with van der Waals surface area (Å²) in [6.45, 7) is 2.99. The van der Waals surface area contributed by atoms with Gasteiger partial charge in [-0.2, -0.15) is 5.26 Å². The molecular weight excluding hydrogens is 406 g/mol. The van der Waals surface area contributed by atoms with Crippen molar-refractivity contribution in [2.75, 3.05) is 43.5 Å². The van der Waals surface area contributed by atoms with Crippen LogP contribution in [0.4, 0.5) is 11.4 Å². The lowest BCUT2D eigenvalue weighted by Crippen LogP contribution is -2.48. The highest BCUT2D eigenvalue weighted by atomic mass is 35.5. The molecule has 8 heteroatoms. The molecule has 150 valence electrons. The fourth-order valence-corrected chi connectivity index (χ4v) is 3.50. The first-order chi connectivity index (χ1) is 14.0. The molecule has 1 aliphatic rings. The van der Waals surface area contributed by atoms with Crippen molar-refractivity contribution in [3.63, 3.8) is 0 Å². The maximum atomic E-state index is 9.61. The zero-order chi connectivity index (χ0) is 20.8. The molecule has 0 unspecified atom stereocenters. The highest BCUT2D eigenvalue weighted by Crippen LogP contribution is 2.22. The van der Waals surface area contributed by atoms with E-state index in [0.29, 0.717) is 28.9 Å². The van der Waals surface area contributed by atoms with Gasteiger partial charge in [-0.05, 0) is 48.5 Å². The molecule has 0 aliphatic carbocycles. The van der Waals surface area contributed by atoms with Gasteiger partial charge in [0.05, 0.1) is 7.11 Å². The number of nitrogens with zero attached hydrogens (tertiary/aromatic N) is 3. The van der Waals surface area contributed by atoms with Crippen LogP contribution in [0.15, 0.2) is 59.9 Å². The van der Waals surface area contributed by atoms with Gasteiger partial charge in [-0.3, -0.25) is 0 Å². The summed E-state index contributed by atoms with van der Waals surface area (Å²) in [5.41, 5.74) is 8.46. The third-order valence-corrected chi connectivity index (χ3v) is 5.31. The normalized spacial score (nSPS) is 14.7. The van der Waals surface area contributed by atoms with Gasteiger partial charge in [-0.25, -0.2) is 0 Å². The molecule has 2 aromatic rings. The number of thiocarbonyl (C=S) groups is 1. The molecule has 29 heavy (non-hydrogen) atoms. The molecule has 0 atom stereocenters. The number of hydrogen-bond donors (Lipinski definition) is 2. The maximum Gasteiger partial charge on any atom is 0.127 e. The van der Waals surface area contributed by atoms with Gasteiger partial charge in [-0.1, -0.05) is 23.8 Å². The molecule has 0 saturated carbocycles. The molecule has 0 radical (unpaired) electrons. The third-order valence-electron chi connectivity index (χ3n) is 4.76. The Kier molecular flexibility index (Phi) is 6.81. The highest BCUT2D eigenvalue weighted by Gasteiger charge is 2.21. The monoisotopic (exact) mass is 427 g/mol. The quantitative estimate of drug-likeness (QED) is 0.428. The molecule has 6 nitrogen and oxygen atoms in total. The van der Waals surface area contributed by atoms with E-state index < -0.39 is 0 Å². The Morgan fingerprint density at radius 3 is 2.28 bits per heavy atom. The van der Waals surface area contributed by atoms with Crippen LogP contribution in [0.1, 0.15) is 0 Å². The second kappa shape index (κ2) is 9.50. The van der Waals surface area contributed by atoms with Gasteiger partial charge < -0.3 is 25.6 Å². The van der Waals surface area contributed by atoms with Crippen molar-refractivity contribution < 1.29 is 4.74 Å². The topological polar surface area (TPSA) is 77.6 Å². The SMILES string of the molecule is COc1ccc(N2CCN(/C(N)=C(/C#N)C(=S)Nc3ccc(Cl)cc3)CC2)cc1. The molecular formula is C21H22ClN5OS. The van der Waals surface area contributed by atoms with Crippen LogP contribution in [0.3, 0.4) is 0 Å². The van der Waals surface area contributed by atoms with Crippen molar-refractivity contribution in [2.45, 2.75) is 0 Å². The predicted molar refractivity (Wildman–Crippen MR) is 121 cm³/mol. The molecule has 1 heterocycles. The predicted octanol–water partition coefficient (Wildman–Crippen LogP) is 3.60.